The molecule has 33 heavy (non-hydrogen) atoms. The number of hydrogen-bond acceptors (Lipinski definition) is 7. The summed E-state index contributed by atoms with van der Waals surface area (Å²) in [6.07, 6.45) is -1.37. The molecule has 12 heteroatoms. The van der Waals surface area contributed by atoms with E-state index >= 15 is 0 Å². The van der Waals surface area contributed by atoms with Gasteiger partial charge in [-0.25, -0.2) is 4.79 Å². The normalized spacial score (nSPS) is 10.7. The summed E-state index contributed by atoms with van der Waals surface area (Å²) >= 11 is 1.50. The summed E-state index contributed by atoms with van der Waals surface area (Å²) in [5.41, 5.74) is 0.375. The van der Waals surface area contributed by atoms with Crippen molar-refractivity contribution in [3.63, 3.8) is 0 Å². The topological polar surface area (TPSA) is 156 Å². The number of nitro groups is 1. The Labute approximate surface area is 189 Å². The maximum atomic E-state index is 12.6. The second-order valence-electron chi connectivity index (χ2n) is 6.80. The second-order valence-corrected chi connectivity index (χ2v) is 7.83. The number of aromatic nitrogens is 2. The first kappa shape index (κ1) is 21.6. The number of carboxylic acid groups (broad SMARTS) is 1. The summed E-state index contributed by atoms with van der Waals surface area (Å²) in [5, 5.41) is 31.6. The molecule has 3 N–H and O–H groups in total. The minimum absolute atomic E-state index is 0.0661. The Kier molecular flexibility index (Phi) is 5.83. The predicted molar refractivity (Wildman–Crippen MR) is 120 cm³/mol. The molecular weight excluding hydrogens is 450 g/mol. The molecule has 4 rings (SSSR count). The molecule has 2 aromatic carbocycles. The van der Waals surface area contributed by atoms with E-state index in [1.165, 1.54) is 53.8 Å². The van der Waals surface area contributed by atoms with E-state index in [2.05, 4.69) is 15.7 Å². The summed E-state index contributed by atoms with van der Waals surface area (Å²) in [5.74, 6) is -1.08. The highest BCUT2D eigenvalue weighted by molar-refractivity contribution is 7.09. The number of amides is 2. The van der Waals surface area contributed by atoms with Crippen molar-refractivity contribution in [2.24, 2.45) is 0 Å². The van der Waals surface area contributed by atoms with Gasteiger partial charge in [-0.2, -0.15) is 4.68 Å². The van der Waals surface area contributed by atoms with E-state index in [9.17, 15) is 29.6 Å². The van der Waals surface area contributed by atoms with Gasteiger partial charge < -0.3 is 15.7 Å². The van der Waals surface area contributed by atoms with Gasteiger partial charge in [-0.1, -0.05) is 6.07 Å². The lowest BCUT2D eigenvalue weighted by molar-refractivity contribution is -0.384. The van der Waals surface area contributed by atoms with Crippen molar-refractivity contribution in [1.29, 1.82) is 0 Å². The van der Waals surface area contributed by atoms with Crippen molar-refractivity contribution in [2.45, 2.75) is 6.54 Å². The Bertz CT molecular complexity index is 1380. The molecule has 0 saturated carbocycles. The molecule has 2 amide bonds. The van der Waals surface area contributed by atoms with Gasteiger partial charge in [-0.15, -0.1) is 16.4 Å². The third-order valence-corrected chi connectivity index (χ3v) is 5.58. The van der Waals surface area contributed by atoms with Gasteiger partial charge in [0.2, 0.25) is 0 Å². The number of non-ortho nitro benzene ring substituents is 1. The fourth-order valence-corrected chi connectivity index (χ4v) is 3.74. The molecule has 0 aliphatic heterocycles. The molecule has 4 aromatic rings. The Hall–Kier alpha value is -4.58. The Morgan fingerprint density at radius 2 is 1.79 bits per heavy atom. The Morgan fingerprint density at radius 3 is 2.42 bits per heavy atom. The molecule has 0 atom stereocenters. The number of hydrogen-bond donors (Lipinski definition) is 3. The van der Waals surface area contributed by atoms with Crippen molar-refractivity contribution >= 4 is 51.7 Å². The summed E-state index contributed by atoms with van der Waals surface area (Å²) in [6.45, 7) is 0.340. The first-order valence-corrected chi connectivity index (χ1v) is 10.3. The minimum atomic E-state index is -1.37. The van der Waals surface area contributed by atoms with Crippen LogP contribution in [-0.4, -0.2) is 37.7 Å². The van der Waals surface area contributed by atoms with Crippen molar-refractivity contribution in [2.75, 3.05) is 5.32 Å². The van der Waals surface area contributed by atoms with E-state index in [0.29, 0.717) is 11.2 Å². The average Bonchev–Trinajstić information content (AvgIpc) is 3.45. The van der Waals surface area contributed by atoms with Gasteiger partial charge in [0.1, 0.15) is 0 Å². The zero-order chi connectivity index (χ0) is 23.5. The number of rotatable bonds is 6. The summed E-state index contributed by atoms with van der Waals surface area (Å²) in [4.78, 5) is 47.9. The number of nitro benzene ring substituents is 1. The number of fused-ring (bicyclic) bond motifs is 1. The summed E-state index contributed by atoms with van der Waals surface area (Å²) < 4.78 is 0.689. The molecule has 2 heterocycles. The van der Waals surface area contributed by atoms with E-state index in [1.807, 2.05) is 17.5 Å². The standard InChI is InChI=1S/C21H15N5O6S/c27-19(22-11-15-2-1-9-33-15)13-5-8-17-16(10-13)18(24-25(17)21(29)30)23-20(28)12-3-6-14(7-4-12)26(31)32/h1-10H,11H2,(H,22,27)(H,29,30)(H,23,24,28). The van der Waals surface area contributed by atoms with Crippen LogP contribution in [0.3, 0.4) is 0 Å². The molecule has 0 radical (unpaired) electrons. The molecule has 2 aromatic heterocycles. The van der Waals surface area contributed by atoms with Gasteiger partial charge in [0.05, 0.1) is 17.0 Å². The quantitative estimate of drug-likeness (QED) is 0.289. The average molecular weight is 465 g/mol. The van der Waals surface area contributed by atoms with Gasteiger partial charge in [-0.3, -0.25) is 19.7 Å². The summed E-state index contributed by atoms with van der Waals surface area (Å²) in [7, 11) is 0. The number of anilines is 1. The van der Waals surface area contributed by atoms with Crippen LogP contribution in [0.5, 0.6) is 0 Å². The van der Waals surface area contributed by atoms with Crippen LogP contribution in [0.4, 0.5) is 16.3 Å². The number of carbonyl (C=O) groups is 3. The number of nitrogens with one attached hydrogen (secondary N) is 2. The number of carbonyl (C=O) groups excluding carboxylic acids is 2. The maximum Gasteiger partial charge on any atom is 0.432 e. The molecule has 0 spiro atoms. The van der Waals surface area contributed by atoms with Crippen LogP contribution in [-0.2, 0) is 6.54 Å². The van der Waals surface area contributed by atoms with Gasteiger partial charge >= 0.3 is 6.09 Å². The van der Waals surface area contributed by atoms with E-state index < -0.39 is 16.9 Å². The first-order valence-electron chi connectivity index (χ1n) is 9.46. The third-order valence-electron chi connectivity index (χ3n) is 4.70. The monoisotopic (exact) mass is 465 g/mol. The molecule has 0 unspecified atom stereocenters. The van der Waals surface area contributed by atoms with Crippen LogP contribution in [0.1, 0.15) is 25.6 Å². The molecule has 0 fully saturated rings. The van der Waals surface area contributed by atoms with E-state index in [0.717, 1.165) is 4.88 Å². The van der Waals surface area contributed by atoms with Crippen LogP contribution in [0.15, 0.2) is 60.0 Å². The molecule has 0 bridgehead atoms. The SMILES string of the molecule is O=C(NCc1cccs1)c1ccc2c(c1)c(NC(=O)c1ccc([N+](=O)[O-])cc1)nn2C(=O)O. The summed E-state index contributed by atoms with van der Waals surface area (Å²) in [6, 6.07) is 13.0. The second kappa shape index (κ2) is 8.88. The third kappa shape index (κ3) is 4.55. The first-order chi connectivity index (χ1) is 15.8. The Morgan fingerprint density at radius 1 is 1.06 bits per heavy atom. The molecule has 0 saturated heterocycles. The minimum Gasteiger partial charge on any atom is -0.463 e. The lowest BCUT2D eigenvalue weighted by Crippen LogP contribution is -2.22. The van der Waals surface area contributed by atoms with Gasteiger partial charge in [-0.05, 0) is 41.8 Å². The number of benzene rings is 2. The molecule has 11 nitrogen and oxygen atoms in total. The molecule has 0 aliphatic carbocycles. The predicted octanol–water partition coefficient (Wildman–Crippen LogP) is 3.71. The van der Waals surface area contributed by atoms with Crippen molar-refractivity contribution < 1.29 is 24.4 Å². The smallest absolute Gasteiger partial charge is 0.432 e. The molecule has 0 aliphatic rings. The number of nitrogens with zero attached hydrogens (tertiary/aromatic N) is 3. The van der Waals surface area contributed by atoms with E-state index in [4.69, 9.17) is 0 Å². The zero-order valence-electron chi connectivity index (χ0n) is 16.7. The van der Waals surface area contributed by atoms with Crippen LogP contribution >= 0.6 is 11.3 Å². The van der Waals surface area contributed by atoms with Crippen molar-refractivity contribution in [3.05, 3.63) is 86.1 Å². The lowest BCUT2D eigenvalue weighted by Gasteiger charge is -2.05. The highest BCUT2D eigenvalue weighted by Crippen LogP contribution is 2.25. The maximum absolute atomic E-state index is 12.6. The highest BCUT2D eigenvalue weighted by atomic mass is 32.1. The van der Waals surface area contributed by atoms with Crippen LogP contribution in [0, 0.1) is 10.1 Å². The molecular formula is C21H15N5O6S. The molecule has 166 valence electrons. The van der Waals surface area contributed by atoms with E-state index in [1.54, 1.807) is 0 Å². The lowest BCUT2D eigenvalue weighted by atomic mass is 10.1. The highest BCUT2D eigenvalue weighted by Gasteiger charge is 2.19. The van der Waals surface area contributed by atoms with Crippen LogP contribution < -0.4 is 10.6 Å². The number of thiophene rings is 1. The zero-order valence-corrected chi connectivity index (χ0v) is 17.5. The fourth-order valence-electron chi connectivity index (χ4n) is 3.09. The van der Waals surface area contributed by atoms with Crippen LogP contribution in [0.25, 0.3) is 10.9 Å². The Balaban J connectivity index is 1.62. The fraction of sp³-hybridized carbons (Fsp3) is 0.0476. The van der Waals surface area contributed by atoms with E-state index in [-0.39, 0.29) is 39.4 Å². The van der Waals surface area contributed by atoms with Crippen molar-refractivity contribution in [3.8, 4) is 0 Å². The largest absolute Gasteiger partial charge is 0.463 e. The van der Waals surface area contributed by atoms with Gasteiger partial charge in [0.15, 0.2) is 5.82 Å². The van der Waals surface area contributed by atoms with Gasteiger partial charge in [0, 0.05) is 33.5 Å². The van der Waals surface area contributed by atoms with Crippen molar-refractivity contribution in [1.82, 2.24) is 15.1 Å². The van der Waals surface area contributed by atoms with Crippen LogP contribution in [0.2, 0.25) is 0 Å². The van der Waals surface area contributed by atoms with Gasteiger partial charge in [0.25, 0.3) is 17.5 Å².